The summed E-state index contributed by atoms with van der Waals surface area (Å²) in [5.41, 5.74) is 3.54. The highest BCUT2D eigenvalue weighted by atomic mass is 16.5. The number of nitrogens with zero attached hydrogens (tertiary/aromatic N) is 2. The van der Waals surface area contributed by atoms with Crippen LogP contribution in [0.3, 0.4) is 0 Å². The van der Waals surface area contributed by atoms with Crippen LogP contribution < -0.4 is 10.6 Å². The van der Waals surface area contributed by atoms with E-state index in [1.165, 1.54) is 5.56 Å². The van der Waals surface area contributed by atoms with E-state index in [4.69, 9.17) is 4.74 Å². The molecule has 6 nitrogen and oxygen atoms in total. The summed E-state index contributed by atoms with van der Waals surface area (Å²) in [6.45, 7) is 5.93. The lowest BCUT2D eigenvalue weighted by Gasteiger charge is -2.10. The van der Waals surface area contributed by atoms with Crippen LogP contribution >= 0.6 is 0 Å². The molecule has 0 bridgehead atoms. The molecule has 0 spiro atoms. The maximum absolute atomic E-state index is 12.3. The standard InChI is InChI=1S/C23H26N4O2/c1-3-29-15-5-13-25-23(28)19-6-4-7-20(16-19)26-21-12-14-24-22(27-21)18-10-8-17(2)9-11-18/h4,6-12,14,16H,3,5,13,15H2,1-2H3,(H,25,28)(H,24,26,27). The molecule has 3 rings (SSSR count). The Labute approximate surface area is 171 Å². The van der Waals surface area contributed by atoms with Crippen LogP contribution in [0, 0.1) is 6.92 Å². The molecule has 0 unspecified atom stereocenters. The van der Waals surface area contributed by atoms with Crippen LogP contribution in [0.4, 0.5) is 11.5 Å². The van der Waals surface area contributed by atoms with Crippen molar-refractivity contribution in [2.45, 2.75) is 20.3 Å². The van der Waals surface area contributed by atoms with Gasteiger partial charge in [0.25, 0.3) is 5.91 Å². The van der Waals surface area contributed by atoms with Crippen molar-refractivity contribution in [3.05, 3.63) is 71.9 Å². The zero-order valence-electron chi connectivity index (χ0n) is 16.8. The largest absolute Gasteiger partial charge is 0.382 e. The summed E-state index contributed by atoms with van der Waals surface area (Å²) in [7, 11) is 0. The summed E-state index contributed by atoms with van der Waals surface area (Å²) in [5, 5.41) is 6.17. The minimum Gasteiger partial charge on any atom is -0.382 e. The second-order valence-electron chi connectivity index (χ2n) is 6.64. The van der Waals surface area contributed by atoms with E-state index in [1.807, 2.05) is 56.3 Å². The van der Waals surface area contributed by atoms with Gasteiger partial charge in [0, 0.05) is 42.8 Å². The topological polar surface area (TPSA) is 76.1 Å². The molecule has 3 aromatic rings. The Morgan fingerprint density at radius 1 is 1.10 bits per heavy atom. The number of ether oxygens (including phenoxy) is 1. The molecule has 0 aliphatic rings. The number of amides is 1. The van der Waals surface area contributed by atoms with E-state index in [9.17, 15) is 4.79 Å². The fourth-order valence-electron chi connectivity index (χ4n) is 2.78. The van der Waals surface area contributed by atoms with Crippen molar-refractivity contribution in [2.24, 2.45) is 0 Å². The molecule has 6 heteroatoms. The van der Waals surface area contributed by atoms with E-state index in [0.717, 1.165) is 17.7 Å². The van der Waals surface area contributed by atoms with E-state index in [0.29, 0.717) is 37.0 Å². The molecule has 0 atom stereocenters. The fourth-order valence-corrected chi connectivity index (χ4v) is 2.78. The highest BCUT2D eigenvalue weighted by Gasteiger charge is 2.07. The average molecular weight is 390 g/mol. The third-order valence-electron chi connectivity index (χ3n) is 4.32. The summed E-state index contributed by atoms with van der Waals surface area (Å²) in [6.07, 6.45) is 2.51. The van der Waals surface area contributed by atoms with Gasteiger partial charge in [-0.15, -0.1) is 0 Å². The molecule has 150 valence electrons. The minimum atomic E-state index is -0.104. The van der Waals surface area contributed by atoms with Crippen LogP contribution in [0.25, 0.3) is 11.4 Å². The summed E-state index contributed by atoms with van der Waals surface area (Å²) in [5.74, 6) is 1.22. The number of benzene rings is 2. The van der Waals surface area contributed by atoms with Gasteiger partial charge in [0.2, 0.25) is 0 Å². The Morgan fingerprint density at radius 3 is 2.72 bits per heavy atom. The molecule has 0 saturated heterocycles. The van der Waals surface area contributed by atoms with Gasteiger partial charge in [0.05, 0.1) is 0 Å². The maximum atomic E-state index is 12.3. The SMILES string of the molecule is CCOCCCNC(=O)c1cccc(Nc2ccnc(-c3ccc(C)cc3)n2)c1. The van der Waals surface area contributed by atoms with Gasteiger partial charge >= 0.3 is 0 Å². The number of rotatable bonds is 9. The Kier molecular flexibility index (Phi) is 7.30. The first-order chi connectivity index (χ1) is 14.2. The monoisotopic (exact) mass is 390 g/mol. The van der Waals surface area contributed by atoms with E-state index in [1.54, 1.807) is 18.3 Å². The van der Waals surface area contributed by atoms with Gasteiger partial charge in [-0.25, -0.2) is 9.97 Å². The lowest BCUT2D eigenvalue weighted by molar-refractivity contribution is 0.0944. The number of hydrogen-bond donors (Lipinski definition) is 2. The van der Waals surface area contributed by atoms with Crippen LogP contribution in [-0.4, -0.2) is 35.6 Å². The number of carbonyl (C=O) groups is 1. The van der Waals surface area contributed by atoms with Crippen molar-refractivity contribution in [1.29, 1.82) is 0 Å². The van der Waals surface area contributed by atoms with Gasteiger partial charge in [-0.1, -0.05) is 35.9 Å². The molecule has 0 aliphatic heterocycles. The Bertz CT molecular complexity index is 942. The fraction of sp³-hybridized carbons (Fsp3) is 0.261. The van der Waals surface area contributed by atoms with Crippen molar-refractivity contribution < 1.29 is 9.53 Å². The van der Waals surface area contributed by atoms with Crippen LogP contribution in [0.5, 0.6) is 0 Å². The maximum Gasteiger partial charge on any atom is 0.251 e. The molecule has 1 amide bonds. The highest BCUT2D eigenvalue weighted by molar-refractivity contribution is 5.95. The zero-order valence-corrected chi connectivity index (χ0v) is 16.8. The van der Waals surface area contributed by atoms with E-state index in [2.05, 4.69) is 20.6 Å². The van der Waals surface area contributed by atoms with E-state index < -0.39 is 0 Å². The van der Waals surface area contributed by atoms with Crippen LogP contribution in [0.1, 0.15) is 29.3 Å². The average Bonchev–Trinajstić information content (AvgIpc) is 2.74. The van der Waals surface area contributed by atoms with Gasteiger partial charge < -0.3 is 15.4 Å². The molecule has 29 heavy (non-hydrogen) atoms. The van der Waals surface area contributed by atoms with Crippen molar-refractivity contribution in [3.63, 3.8) is 0 Å². The Hall–Kier alpha value is -3.25. The van der Waals surface area contributed by atoms with Crippen molar-refractivity contribution in [3.8, 4) is 11.4 Å². The molecule has 2 N–H and O–H groups in total. The Morgan fingerprint density at radius 2 is 1.93 bits per heavy atom. The van der Waals surface area contributed by atoms with E-state index in [-0.39, 0.29) is 5.91 Å². The van der Waals surface area contributed by atoms with Crippen LogP contribution in [-0.2, 0) is 4.74 Å². The molecule has 0 aliphatic carbocycles. The first-order valence-corrected chi connectivity index (χ1v) is 9.79. The number of nitrogens with one attached hydrogen (secondary N) is 2. The van der Waals surface area contributed by atoms with Crippen LogP contribution in [0.2, 0.25) is 0 Å². The summed E-state index contributed by atoms with van der Waals surface area (Å²) < 4.78 is 5.28. The minimum absolute atomic E-state index is 0.104. The smallest absolute Gasteiger partial charge is 0.251 e. The van der Waals surface area contributed by atoms with Crippen molar-refractivity contribution in [1.82, 2.24) is 15.3 Å². The summed E-state index contributed by atoms with van der Waals surface area (Å²) in [4.78, 5) is 21.3. The predicted octanol–water partition coefficient (Wildman–Crippen LogP) is 4.35. The first kappa shape index (κ1) is 20.5. The number of aryl methyl sites for hydroxylation is 1. The van der Waals surface area contributed by atoms with Gasteiger partial charge in [-0.3, -0.25) is 4.79 Å². The molecule has 0 saturated carbocycles. The number of aromatic nitrogens is 2. The molecule has 1 heterocycles. The number of anilines is 2. The lowest BCUT2D eigenvalue weighted by atomic mass is 10.1. The van der Waals surface area contributed by atoms with Crippen LogP contribution in [0.15, 0.2) is 60.8 Å². The zero-order chi connectivity index (χ0) is 20.5. The normalized spacial score (nSPS) is 10.6. The molecule has 0 fully saturated rings. The van der Waals surface area contributed by atoms with Gasteiger partial charge in [-0.05, 0) is 44.5 Å². The predicted molar refractivity (Wildman–Crippen MR) is 115 cm³/mol. The number of carbonyl (C=O) groups excluding carboxylic acids is 1. The second kappa shape index (κ2) is 10.3. The molecular formula is C23H26N4O2. The third kappa shape index (κ3) is 6.12. The third-order valence-corrected chi connectivity index (χ3v) is 4.32. The quantitative estimate of drug-likeness (QED) is 0.531. The molecular weight excluding hydrogens is 364 g/mol. The van der Waals surface area contributed by atoms with Crippen molar-refractivity contribution in [2.75, 3.05) is 25.1 Å². The first-order valence-electron chi connectivity index (χ1n) is 9.79. The molecule has 1 aromatic heterocycles. The molecule has 0 radical (unpaired) electrons. The Balaban J connectivity index is 1.65. The number of hydrogen-bond acceptors (Lipinski definition) is 5. The lowest BCUT2D eigenvalue weighted by Crippen LogP contribution is -2.25. The highest BCUT2D eigenvalue weighted by Crippen LogP contribution is 2.20. The summed E-state index contributed by atoms with van der Waals surface area (Å²) in [6, 6.07) is 17.2. The summed E-state index contributed by atoms with van der Waals surface area (Å²) >= 11 is 0. The van der Waals surface area contributed by atoms with Gasteiger partial charge in [0.1, 0.15) is 5.82 Å². The molecule has 2 aromatic carbocycles. The van der Waals surface area contributed by atoms with Gasteiger partial charge in [-0.2, -0.15) is 0 Å². The van der Waals surface area contributed by atoms with Crippen molar-refractivity contribution >= 4 is 17.4 Å². The second-order valence-corrected chi connectivity index (χ2v) is 6.64. The van der Waals surface area contributed by atoms with Gasteiger partial charge in [0.15, 0.2) is 5.82 Å². The van der Waals surface area contributed by atoms with E-state index >= 15 is 0 Å².